The number of rotatable bonds is 9. The van der Waals surface area contributed by atoms with Gasteiger partial charge in [-0.3, -0.25) is 0 Å². The Kier molecular flexibility index (Phi) is 9.38. The van der Waals surface area contributed by atoms with Crippen LogP contribution in [0.3, 0.4) is 0 Å². The van der Waals surface area contributed by atoms with E-state index in [1.165, 1.54) is 37.7 Å². The largest absolute Gasteiger partial charge is 0.208 e. The molecule has 2 aromatic heterocycles. The highest BCUT2D eigenvalue weighted by atomic mass is 15.0. The maximum Gasteiger partial charge on any atom is 0.164 e. The van der Waals surface area contributed by atoms with Crippen LogP contribution in [-0.2, 0) is 5.41 Å². The second kappa shape index (κ2) is 15.6. The number of nitrogens with zero attached hydrogens (tertiary/aromatic N) is 6. The lowest BCUT2D eigenvalue weighted by Gasteiger charge is -2.27. The van der Waals surface area contributed by atoms with E-state index < -0.39 is 0 Å². The predicted molar refractivity (Wildman–Crippen MR) is 245 cm³/mol. The van der Waals surface area contributed by atoms with Crippen LogP contribution in [0.15, 0.2) is 188 Å². The Labute approximate surface area is 356 Å². The number of fused-ring (bicyclic) bond motifs is 2. The fraction of sp³-hybridized carbons (Fsp3) is 0.127. The zero-order chi connectivity index (χ0) is 40.6. The third-order valence-corrected chi connectivity index (χ3v) is 12.7. The fourth-order valence-electron chi connectivity index (χ4n) is 9.36. The van der Waals surface area contributed by atoms with Gasteiger partial charge in [0.15, 0.2) is 34.9 Å². The summed E-state index contributed by atoms with van der Waals surface area (Å²) in [6.45, 7) is 0. The van der Waals surface area contributed by atoms with Gasteiger partial charge < -0.3 is 0 Å². The molecule has 2 aliphatic carbocycles. The van der Waals surface area contributed by atoms with Crippen molar-refractivity contribution in [3.63, 3.8) is 0 Å². The Morgan fingerprint density at radius 3 is 1.02 bits per heavy atom. The van der Waals surface area contributed by atoms with E-state index in [4.69, 9.17) is 29.9 Å². The average molecular weight is 787 g/mol. The topological polar surface area (TPSA) is 77.3 Å². The highest BCUT2D eigenvalue weighted by Crippen LogP contribution is 2.55. The molecular formula is C55H42N6. The van der Waals surface area contributed by atoms with Crippen molar-refractivity contribution in [3.8, 4) is 90.6 Å². The average Bonchev–Trinajstić information content (AvgIpc) is 3.98. The Hall–Kier alpha value is -7.44. The number of benzene rings is 7. The van der Waals surface area contributed by atoms with Crippen LogP contribution in [0.5, 0.6) is 0 Å². The summed E-state index contributed by atoms with van der Waals surface area (Å²) in [5.41, 5.74) is 11.9. The maximum absolute atomic E-state index is 5.06. The van der Waals surface area contributed by atoms with Gasteiger partial charge in [0.2, 0.25) is 0 Å². The first kappa shape index (κ1) is 36.6. The summed E-state index contributed by atoms with van der Waals surface area (Å²) in [6, 6.07) is 65.0. The Morgan fingerprint density at radius 1 is 0.295 bits per heavy atom. The summed E-state index contributed by atoms with van der Waals surface area (Å²) in [5.74, 6) is 4.79. The van der Waals surface area contributed by atoms with Gasteiger partial charge in [-0.1, -0.05) is 182 Å². The van der Waals surface area contributed by atoms with E-state index in [1.54, 1.807) is 0 Å². The molecule has 2 saturated carbocycles. The first-order chi connectivity index (χ1) is 30.1. The molecule has 2 heterocycles. The third-order valence-electron chi connectivity index (χ3n) is 12.7. The van der Waals surface area contributed by atoms with Gasteiger partial charge in [0.1, 0.15) is 0 Å². The molecule has 0 amide bonds. The Bertz CT molecular complexity index is 2960. The van der Waals surface area contributed by atoms with Gasteiger partial charge in [0.05, 0.1) is 0 Å². The monoisotopic (exact) mass is 786 g/mol. The molecule has 61 heavy (non-hydrogen) atoms. The predicted octanol–water partition coefficient (Wildman–Crippen LogP) is 13.2. The van der Waals surface area contributed by atoms with Crippen LogP contribution in [0.2, 0.25) is 0 Å². The Morgan fingerprint density at radius 2 is 0.607 bits per heavy atom. The van der Waals surface area contributed by atoms with Crippen molar-refractivity contribution in [1.82, 2.24) is 29.9 Å². The van der Waals surface area contributed by atoms with Crippen molar-refractivity contribution in [2.45, 2.75) is 37.5 Å². The minimum Gasteiger partial charge on any atom is -0.208 e. The van der Waals surface area contributed by atoms with Gasteiger partial charge in [-0.25, -0.2) is 29.9 Å². The van der Waals surface area contributed by atoms with Crippen LogP contribution in [0.4, 0.5) is 0 Å². The van der Waals surface area contributed by atoms with Crippen LogP contribution < -0.4 is 0 Å². The van der Waals surface area contributed by atoms with Crippen LogP contribution in [-0.4, -0.2) is 29.9 Å². The first-order valence-corrected chi connectivity index (χ1v) is 21.2. The molecule has 11 rings (SSSR count). The lowest BCUT2D eigenvalue weighted by atomic mass is 9.77. The Balaban J connectivity index is 0.895. The van der Waals surface area contributed by atoms with Crippen molar-refractivity contribution in [2.75, 3.05) is 0 Å². The zero-order valence-electron chi connectivity index (χ0n) is 33.7. The second-order valence-corrected chi connectivity index (χ2v) is 16.5. The molecule has 2 aliphatic rings. The first-order valence-electron chi connectivity index (χ1n) is 21.2. The van der Waals surface area contributed by atoms with E-state index in [0.29, 0.717) is 40.4 Å². The van der Waals surface area contributed by atoms with Crippen molar-refractivity contribution < 1.29 is 0 Å². The minimum atomic E-state index is 0.364. The lowest BCUT2D eigenvalue weighted by molar-refractivity contribution is 0.419. The molecule has 2 bridgehead atoms. The number of hydrogen-bond donors (Lipinski definition) is 0. The van der Waals surface area contributed by atoms with Crippen LogP contribution >= 0.6 is 0 Å². The molecule has 2 fully saturated rings. The summed E-state index contributed by atoms with van der Waals surface area (Å²) in [5, 5.41) is 0. The minimum absolute atomic E-state index is 0.364. The molecule has 7 aromatic carbocycles. The smallest absolute Gasteiger partial charge is 0.164 e. The van der Waals surface area contributed by atoms with E-state index in [9.17, 15) is 0 Å². The highest BCUT2D eigenvalue weighted by molar-refractivity contribution is 5.75. The highest BCUT2D eigenvalue weighted by Gasteiger charge is 2.45. The molecular weight excluding hydrogens is 745 g/mol. The maximum atomic E-state index is 5.06. The van der Waals surface area contributed by atoms with Gasteiger partial charge in [0, 0.05) is 33.4 Å². The van der Waals surface area contributed by atoms with Gasteiger partial charge in [-0.15, -0.1) is 0 Å². The van der Waals surface area contributed by atoms with E-state index in [1.807, 2.05) is 54.6 Å². The van der Waals surface area contributed by atoms with Gasteiger partial charge in [-0.2, -0.15) is 0 Å². The van der Waals surface area contributed by atoms with Crippen molar-refractivity contribution in [2.24, 2.45) is 5.92 Å². The molecule has 0 atom stereocenters. The SMILES string of the molecule is c1ccc(-c2cccc(-c3nc(-c4ccccc4)nc(-c4ccc(-c5ccc(-c6nc(-c7ccccc7)nc(-c7ccc(C89CCC(CC8)C9)cc7)n6)cc5)cc4)n3)c2)cc1. The lowest BCUT2D eigenvalue weighted by Crippen LogP contribution is -2.19. The summed E-state index contributed by atoms with van der Waals surface area (Å²) < 4.78 is 0. The summed E-state index contributed by atoms with van der Waals surface area (Å²) >= 11 is 0. The molecule has 0 aliphatic heterocycles. The van der Waals surface area contributed by atoms with E-state index in [-0.39, 0.29) is 0 Å². The number of hydrogen-bond acceptors (Lipinski definition) is 6. The fourth-order valence-corrected chi connectivity index (χ4v) is 9.36. The quantitative estimate of drug-likeness (QED) is 0.145. The summed E-state index contributed by atoms with van der Waals surface area (Å²) in [4.78, 5) is 30.0. The normalized spacial score (nSPS) is 16.8. The zero-order valence-corrected chi connectivity index (χ0v) is 33.7. The summed E-state index contributed by atoms with van der Waals surface area (Å²) in [7, 11) is 0. The van der Waals surface area contributed by atoms with E-state index >= 15 is 0 Å². The molecule has 6 nitrogen and oxygen atoms in total. The van der Waals surface area contributed by atoms with Crippen molar-refractivity contribution in [1.29, 1.82) is 0 Å². The molecule has 0 unspecified atom stereocenters. The molecule has 0 radical (unpaired) electrons. The van der Waals surface area contributed by atoms with Gasteiger partial charge >= 0.3 is 0 Å². The van der Waals surface area contributed by atoms with Gasteiger partial charge in [-0.05, 0) is 77.3 Å². The van der Waals surface area contributed by atoms with Crippen molar-refractivity contribution in [3.05, 3.63) is 194 Å². The second-order valence-electron chi connectivity index (χ2n) is 16.5. The molecule has 0 spiro atoms. The van der Waals surface area contributed by atoms with Crippen LogP contribution in [0.25, 0.3) is 90.6 Å². The van der Waals surface area contributed by atoms with E-state index in [2.05, 4.69) is 133 Å². The standard InChI is InChI=1S/C55H42N6/c1-4-11-38(12-5-1)46-17-10-18-47(35-46)54-60-50(42-15-8-3-9-16-42)58-52(61-54)44-25-21-40(22-26-44)39-19-23-43(24-20-39)51-56-49(41-13-6-2-7-14-41)57-53(59-51)45-27-29-48(30-28-45)55-33-31-37(36-55)32-34-55/h1-30,35,37H,31-34,36H2. The summed E-state index contributed by atoms with van der Waals surface area (Å²) in [6.07, 6.45) is 6.69. The molecule has 292 valence electrons. The van der Waals surface area contributed by atoms with Crippen molar-refractivity contribution >= 4 is 0 Å². The van der Waals surface area contributed by atoms with Gasteiger partial charge in [0.25, 0.3) is 0 Å². The van der Waals surface area contributed by atoms with Crippen LogP contribution in [0, 0.1) is 5.92 Å². The molecule has 9 aromatic rings. The molecule has 0 saturated heterocycles. The third kappa shape index (κ3) is 7.31. The number of aromatic nitrogens is 6. The van der Waals surface area contributed by atoms with Crippen LogP contribution in [0.1, 0.15) is 37.7 Å². The molecule has 0 N–H and O–H groups in total. The molecule has 6 heteroatoms. The van der Waals surface area contributed by atoms with E-state index in [0.717, 1.165) is 61.6 Å².